The Balaban J connectivity index is 1.70. The molecule has 0 atom stereocenters. The molecule has 1 saturated heterocycles. The number of unbranched alkanes of at least 4 members (excludes halogenated alkanes) is 15. The summed E-state index contributed by atoms with van der Waals surface area (Å²) in [5.74, 6) is 0.405. The van der Waals surface area contributed by atoms with Gasteiger partial charge in [0.1, 0.15) is 0 Å². The van der Waals surface area contributed by atoms with Crippen LogP contribution in [-0.2, 0) is 4.79 Å². The number of hydrogen-bond donors (Lipinski definition) is 0. The van der Waals surface area contributed by atoms with E-state index in [0.717, 1.165) is 25.9 Å². The van der Waals surface area contributed by atoms with Crippen molar-refractivity contribution in [3.05, 3.63) is 0 Å². The fourth-order valence-corrected chi connectivity index (χ4v) is 3.95. The lowest BCUT2D eigenvalue weighted by molar-refractivity contribution is -0.130. The summed E-state index contributed by atoms with van der Waals surface area (Å²) < 4.78 is 0. The van der Waals surface area contributed by atoms with Crippen molar-refractivity contribution in [2.24, 2.45) is 0 Å². The topological polar surface area (TPSA) is 20.3 Å². The molecule has 0 radical (unpaired) electrons. The van der Waals surface area contributed by atoms with Crippen molar-refractivity contribution >= 4 is 5.91 Å². The maximum absolute atomic E-state index is 11.9. The number of amides is 1. The molecule has 0 spiro atoms. The minimum atomic E-state index is 0.405. The number of rotatable bonds is 17. The normalized spacial score (nSPS) is 14.4. The fraction of sp³-hybridized carbons (Fsp3) is 0.957. The maximum Gasteiger partial charge on any atom is 0.222 e. The molecule has 1 aliphatic rings. The van der Waals surface area contributed by atoms with Crippen molar-refractivity contribution in [1.29, 1.82) is 0 Å². The average Bonchev–Trinajstić information content (AvgIpc) is 3.16. The van der Waals surface area contributed by atoms with E-state index in [9.17, 15) is 4.79 Å². The lowest BCUT2D eigenvalue weighted by Crippen LogP contribution is -2.27. The van der Waals surface area contributed by atoms with Crippen molar-refractivity contribution in [2.75, 3.05) is 13.1 Å². The van der Waals surface area contributed by atoms with Crippen LogP contribution in [0.5, 0.6) is 0 Å². The van der Waals surface area contributed by atoms with Crippen LogP contribution < -0.4 is 0 Å². The highest BCUT2D eigenvalue weighted by atomic mass is 16.2. The quantitative estimate of drug-likeness (QED) is 0.252. The van der Waals surface area contributed by atoms with Gasteiger partial charge in [0, 0.05) is 19.5 Å². The van der Waals surface area contributed by atoms with Gasteiger partial charge in [-0.3, -0.25) is 4.79 Å². The summed E-state index contributed by atoms with van der Waals surface area (Å²) in [4.78, 5) is 14.0. The first kappa shape index (κ1) is 22.5. The second kappa shape index (κ2) is 16.9. The molecule has 0 unspecified atom stereocenters. The molecule has 1 aliphatic heterocycles. The number of carbonyl (C=O) groups excluding carboxylic acids is 1. The van der Waals surface area contributed by atoms with E-state index in [1.54, 1.807) is 0 Å². The van der Waals surface area contributed by atoms with Gasteiger partial charge in [-0.2, -0.15) is 0 Å². The Morgan fingerprint density at radius 2 is 0.960 bits per heavy atom. The van der Waals surface area contributed by atoms with Gasteiger partial charge in [-0.25, -0.2) is 0 Å². The summed E-state index contributed by atoms with van der Waals surface area (Å²) in [6.45, 7) is 4.31. The van der Waals surface area contributed by atoms with Gasteiger partial charge in [-0.1, -0.05) is 103 Å². The van der Waals surface area contributed by atoms with Crippen LogP contribution in [0.15, 0.2) is 0 Å². The predicted molar refractivity (Wildman–Crippen MR) is 110 cm³/mol. The van der Waals surface area contributed by atoms with Crippen molar-refractivity contribution < 1.29 is 4.79 Å². The molecule has 1 rings (SSSR count). The molecule has 1 heterocycles. The lowest BCUT2D eigenvalue weighted by atomic mass is 10.0. The Kier molecular flexibility index (Phi) is 15.2. The standard InChI is InChI=1S/C23H45NO/c1-2-3-4-5-6-7-8-9-10-11-12-13-14-15-16-17-20-23(25)24-21-18-19-22-24/h2-22H2,1H3. The van der Waals surface area contributed by atoms with Gasteiger partial charge in [0.15, 0.2) is 0 Å². The van der Waals surface area contributed by atoms with Crippen molar-refractivity contribution in [3.8, 4) is 0 Å². The first-order valence-corrected chi connectivity index (χ1v) is 11.6. The van der Waals surface area contributed by atoms with E-state index < -0.39 is 0 Å². The van der Waals surface area contributed by atoms with Crippen LogP contribution >= 0.6 is 0 Å². The average molecular weight is 352 g/mol. The first-order chi connectivity index (χ1) is 12.3. The third kappa shape index (κ3) is 13.3. The third-order valence-electron chi connectivity index (χ3n) is 5.70. The summed E-state index contributed by atoms with van der Waals surface area (Å²) in [5.41, 5.74) is 0. The SMILES string of the molecule is CCCCCCCCCCCCCCCCCCC(=O)N1CCCC1. The molecule has 0 aromatic rings. The maximum atomic E-state index is 11.9. The molecule has 25 heavy (non-hydrogen) atoms. The van der Waals surface area contributed by atoms with E-state index in [-0.39, 0.29) is 0 Å². The molecular weight excluding hydrogens is 306 g/mol. The van der Waals surface area contributed by atoms with Crippen molar-refractivity contribution in [3.63, 3.8) is 0 Å². The van der Waals surface area contributed by atoms with Crippen LogP contribution in [0.2, 0.25) is 0 Å². The largest absolute Gasteiger partial charge is 0.343 e. The van der Waals surface area contributed by atoms with E-state index in [1.807, 2.05) is 0 Å². The summed E-state index contributed by atoms with van der Waals surface area (Å²) in [6.07, 6.45) is 25.5. The van der Waals surface area contributed by atoms with E-state index in [4.69, 9.17) is 0 Å². The molecule has 1 amide bonds. The highest BCUT2D eigenvalue weighted by Gasteiger charge is 2.16. The predicted octanol–water partition coefficient (Wildman–Crippen LogP) is 7.26. The first-order valence-electron chi connectivity index (χ1n) is 11.6. The number of hydrogen-bond acceptors (Lipinski definition) is 1. The highest BCUT2D eigenvalue weighted by Crippen LogP contribution is 2.15. The van der Waals surface area contributed by atoms with Crippen LogP contribution in [0, 0.1) is 0 Å². The van der Waals surface area contributed by atoms with E-state index in [1.165, 1.54) is 109 Å². The molecule has 0 aliphatic carbocycles. The molecule has 0 N–H and O–H groups in total. The summed E-state index contributed by atoms with van der Waals surface area (Å²) in [6, 6.07) is 0. The number of carbonyl (C=O) groups is 1. The van der Waals surface area contributed by atoms with Crippen LogP contribution in [0.25, 0.3) is 0 Å². The van der Waals surface area contributed by atoms with Crippen LogP contribution in [0.1, 0.15) is 129 Å². The third-order valence-corrected chi connectivity index (χ3v) is 5.70. The zero-order valence-corrected chi connectivity index (χ0v) is 17.2. The molecule has 2 heteroatoms. The Labute approximate surface area is 158 Å². The minimum absolute atomic E-state index is 0.405. The molecule has 1 fully saturated rings. The van der Waals surface area contributed by atoms with Gasteiger partial charge in [-0.15, -0.1) is 0 Å². The molecule has 0 saturated carbocycles. The Morgan fingerprint density at radius 1 is 0.600 bits per heavy atom. The molecule has 0 aromatic carbocycles. The molecular formula is C23H45NO. The molecule has 0 aromatic heterocycles. The second-order valence-electron chi connectivity index (χ2n) is 8.14. The van der Waals surface area contributed by atoms with Crippen molar-refractivity contribution in [2.45, 2.75) is 129 Å². The lowest BCUT2D eigenvalue weighted by Gasteiger charge is -2.14. The number of likely N-dealkylation sites (tertiary alicyclic amines) is 1. The summed E-state index contributed by atoms with van der Waals surface area (Å²) >= 11 is 0. The summed E-state index contributed by atoms with van der Waals surface area (Å²) in [7, 11) is 0. The Morgan fingerprint density at radius 3 is 1.36 bits per heavy atom. The highest BCUT2D eigenvalue weighted by molar-refractivity contribution is 5.76. The zero-order valence-electron chi connectivity index (χ0n) is 17.2. The van der Waals surface area contributed by atoms with Gasteiger partial charge in [0.25, 0.3) is 0 Å². The monoisotopic (exact) mass is 351 g/mol. The van der Waals surface area contributed by atoms with Gasteiger partial charge in [0.05, 0.1) is 0 Å². The van der Waals surface area contributed by atoms with E-state index in [0.29, 0.717) is 5.91 Å². The van der Waals surface area contributed by atoms with Crippen LogP contribution in [0.3, 0.4) is 0 Å². The minimum Gasteiger partial charge on any atom is -0.343 e. The molecule has 0 bridgehead atoms. The zero-order chi connectivity index (χ0) is 18.0. The van der Waals surface area contributed by atoms with Gasteiger partial charge < -0.3 is 4.90 Å². The molecule has 148 valence electrons. The van der Waals surface area contributed by atoms with Gasteiger partial charge in [-0.05, 0) is 19.3 Å². The Hall–Kier alpha value is -0.530. The van der Waals surface area contributed by atoms with Gasteiger partial charge in [0.2, 0.25) is 5.91 Å². The van der Waals surface area contributed by atoms with Gasteiger partial charge >= 0.3 is 0 Å². The van der Waals surface area contributed by atoms with Crippen LogP contribution in [0.4, 0.5) is 0 Å². The summed E-state index contributed by atoms with van der Waals surface area (Å²) in [5, 5.41) is 0. The van der Waals surface area contributed by atoms with E-state index >= 15 is 0 Å². The van der Waals surface area contributed by atoms with Crippen molar-refractivity contribution in [1.82, 2.24) is 4.90 Å². The second-order valence-corrected chi connectivity index (χ2v) is 8.14. The smallest absolute Gasteiger partial charge is 0.222 e. The fourth-order valence-electron chi connectivity index (χ4n) is 3.95. The Bertz CT molecular complexity index is 296. The van der Waals surface area contributed by atoms with Crippen LogP contribution in [-0.4, -0.2) is 23.9 Å². The molecule has 2 nitrogen and oxygen atoms in total. The van der Waals surface area contributed by atoms with E-state index in [2.05, 4.69) is 11.8 Å². The number of nitrogens with zero attached hydrogens (tertiary/aromatic N) is 1.